The molecular formula is C12H13ClN4O2. The van der Waals surface area contributed by atoms with E-state index >= 15 is 0 Å². The lowest BCUT2D eigenvalue weighted by Crippen LogP contribution is -2.02. The van der Waals surface area contributed by atoms with Gasteiger partial charge in [-0.25, -0.2) is 0 Å². The SMILES string of the molecule is Cc1n[nH]c(C)c1NCc1cc([N+](=O)[O-])ccc1Cl. The predicted molar refractivity (Wildman–Crippen MR) is 73.5 cm³/mol. The molecule has 1 aromatic heterocycles. The third-order valence-electron chi connectivity index (χ3n) is 2.82. The van der Waals surface area contributed by atoms with Gasteiger partial charge in [0.05, 0.1) is 22.0 Å². The smallest absolute Gasteiger partial charge is 0.269 e. The molecule has 0 saturated carbocycles. The molecule has 0 amide bonds. The summed E-state index contributed by atoms with van der Waals surface area (Å²) in [5.41, 5.74) is 3.36. The number of nitro benzene ring substituents is 1. The van der Waals surface area contributed by atoms with Gasteiger partial charge in [-0.2, -0.15) is 5.10 Å². The van der Waals surface area contributed by atoms with Crippen LogP contribution in [0.25, 0.3) is 0 Å². The molecule has 19 heavy (non-hydrogen) atoms. The summed E-state index contributed by atoms with van der Waals surface area (Å²) in [6.07, 6.45) is 0. The van der Waals surface area contributed by atoms with Gasteiger partial charge in [-0.1, -0.05) is 11.6 Å². The van der Waals surface area contributed by atoms with Gasteiger partial charge in [0, 0.05) is 23.7 Å². The van der Waals surface area contributed by atoms with E-state index < -0.39 is 4.92 Å². The number of halogens is 1. The fourth-order valence-electron chi connectivity index (χ4n) is 1.81. The Morgan fingerprint density at radius 1 is 1.47 bits per heavy atom. The number of benzene rings is 1. The van der Waals surface area contributed by atoms with Crippen LogP contribution in [0.2, 0.25) is 5.02 Å². The minimum atomic E-state index is -0.436. The van der Waals surface area contributed by atoms with Gasteiger partial charge in [0.1, 0.15) is 0 Å². The summed E-state index contributed by atoms with van der Waals surface area (Å²) in [5.74, 6) is 0. The van der Waals surface area contributed by atoms with Crippen molar-refractivity contribution in [2.75, 3.05) is 5.32 Å². The van der Waals surface area contributed by atoms with E-state index in [0.29, 0.717) is 17.1 Å². The maximum atomic E-state index is 10.7. The third kappa shape index (κ3) is 2.85. The highest BCUT2D eigenvalue weighted by Crippen LogP contribution is 2.24. The standard InChI is InChI=1S/C12H13ClN4O2/c1-7-12(8(2)16-15-7)14-6-9-5-10(17(18)19)3-4-11(9)13/h3-5,14H,6H2,1-2H3,(H,15,16). The largest absolute Gasteiger partial charge is 0.378 e. The number of non-ortho nitro benzene ring substituents is 1. The minimum absolute atomic E-state index is 0.0295. The highest BCUT2D eigenvalue weighted by Gasteiger charge is 2.11. The van der Waals surface area contributed by atoms with Crippen molar-refractivity contribution in [3.8, 4) is 0 Å². The van der Waals surface area contributed by atoms with Crippen LogP contribution in [-0.2, 0) is 6.54 Å². The summed E-state index contributed by atoms with van der Waals surface area (Å²) in [4.78, 5) is 10.3. The number of hydrogen-bond acceptors (Lipinski definition) is 4. The number of aromatic nitrogens is 2. The van der Waals surface area contributed by atoms with Gasteiger partial charge in [0.2, 0.25) is 0 Å². The van der Waals surface area contributed by atoms with Crippen molar-refractivity contribution in [1.29, 1.82) is 0 Å². The normalized spacial score (nSPS) is 10.5. The molecule has 2 rings (SSSR count). The van der Waals surface area contributed by atoms with Gasteiger partial charge in [-0.15, -0.1) is 0 Å². The van der Waals surface area contributed by atoms with Crippen LogP contribution in [0, 0.1) is 24.0 Å². The Morgan fingerprint density at radius 2 is 2.21 bits per heavy atom. The van der Waals surface area contributed by atoms with Crippen LogP contribution in [0.5, 0.6) is 0 Å². The average Bonchev–Trinajstić information content (AvgIpc) is 2.68. The number of nitrogens with zero attached hydrogens (tertiary/aromatic N) is 2. The van der Waals surface area contributed by atoms with Gasteiger partial charge in [-0.3, -0.25) is 15.2 Å². The summed E-state index contributed by atoms with van der Waals surface area (Å²) < 4.78 is 0. The van der Waals surface area contributed by atoms with Gasteiger partial charge in [-0.05, 0) is 25.5 Å². The second-order valence-electron chi connectivity index (χ2n) is 4.20. The zero-order chi connectivity index (χ0) is 14.0. The number of rotatable bonds is 4. The molecule has 1 heterocycles. The molecule has 0 bridgehead atoms. The van der Waals surface area contributed by atoms with Crippen LogP contribution in [0.15, 0.2) is 18.2 Å². The molecular weight excluding hydrogens is 268 g/mol. The molecule has 0 radical (unpaired) electrons. The average molecular weight is 281 g/mol. The van der Waals surface area contributed by atoms with Crippen molar-refractivity contribution in [1.82, 2.24) is 10.2 Å². The lowest BCUT2D eigenvalue weighted by Gasteiger charge is -2.08. The van der Waals surface area contributed by atoms with Crippen LogP contribution < -0.4 is 5.32 Å². The Labute approximate surface area is 114 Å². The van der Waals surface area contributed by atoms with E-state index in [1.54, 1.807) is 0 Å². The Balaban J connectivity index is 2.20. The number of nitro groups is 1. The molecule has 0 aliphatic carbocycles. The summed E-state index contributed by atoms with van der Waals surface area (Å²) in [6.45, 7) is 4.18. The molecule has 0 aliphatic rings. The first-order chi connectivity index (χ1) is 8.99. The molecule has 6 nitrogen and oxygen atoms in total. The fourth-order valence-corrected chi connectivity index (χ4v) is 1.99. The number of anilines is 1. The predicted octanol–water partition coefficient (Wildman–Crippen LogP) is 3.20. The monoisotopic (exact) mass is 280 g/mol. The second kappa shape index (κ2) is 5.27. The van der Waals surface area contributed by atoms with E-state index in [9.17, 15) is 10.1 Å². The van der Waals surface area contributed by atoms with Crippen molar-refractivity contribution in [3.05, 3.63) is 50.3 Å². The first kappa shape index (κ1) is 13.4. The third-order valence-corrected chi connectivity index (χ3v) is 3.19. The lowest BCUT2D eigenvalue weighted by atomic mass is 10.2. The van der Waals surface area contributed by atoms with E-state index in [1.807, 2.05) is 13.8 Å². The van der Waals surface area contributed by atoms with Crippen molar-refractivity contribution >= 4 is 23.0 Å². The van der Waals surface area contributed by atoms with Crippen LogP contribution in [0.4, 0.5) is 11.4 Å². The highest BCUT2D eigenvalue weighted by molar-refractivity contribution is 6.31. The van der Waals surface area contributed by atoms with Gasteiger partial charge in [0.15, 0.2) is 0 Å². The zero-order valence-electron chi connectivity index (χ0n) is 10.5. The van der Waals surface area contributed by atoms with E-state index in [2.05, 4.69) is 15.5 Å². The van der Waals surface area contributed by atoms with Crippen molar-refractivity contribution < 1.29 is 4.92 Å². The summed E-state index contributed by atoms with van der Waals surface area (Å²) >= 11 is 6.03. The van der Waals surface area contributed by atoms with Crippen LogP contribution in [0.1, 0.15) is 17.0 Å². The van der Waals surface area contributed by atoms with Crippen molar-refractivity contribution in [3.63, 3.8) is 0 Å². The maximum absolute atomic E-state index is 10.7. The molecule has 0 spiro atoms. The van der Waals surface area contributed by atoms with Crippen LogP contribution in [0.3, 0.4) is 0 Å². The van der Waals surface area contributed by atoms with Crippen LogP contribution in [-0.4, -0.2) is 15.1 Å². The molecule has 0 unspecified atom stereocenters. The quantitative estimate of drug-likeness (QED) is 0.665. The van der Waals surface area contributed by atoms with Crippen molar-refractivity contribution in [2.45, 2.75) is 20.4 Å². The van der Waals surface area contributed by atoms with Gasteiger partial charge >= 0.3 is 0 Å². The Kier molecular flexibility index (Phi) is 3.71. The molecule has 7 heteroatoms. The lowest BCUT2D eigenvalue weighted by molar-refractivity contribution is -0.384. The molecule has 2 N–H and O–H groups in total. The molecule has 0 aliphatic heterocycles. The first-order valence-electron chi connectivity index (χ1n) is 5.67. The van der Waals surface area contributed by atoms with E-state index in [-0.39, 0.29) is 5.69 Å². The molecule has 0 saturated heterocycles. The molecule has 0 fully saturated rings. The second-order valence-corrected chi connectivity index (χ2v) is 4.60. The minimum Gasteiger partial charge on any atom is -0.378 e. The number of hydrogen-bond donors (Lipinski definition) is 2. The zero-order valence-corrected chi connectivity index (χ0v) is 11.3. The van der Waals surface area contributed by atoms with E-state index in [4.69, 9.17) is 11.6 Å². The fraction of sp³-hybridized carbons (Fsp3) is 0.250. The Morgan fingerprint density at radius 3 is 2.79 bits per heavy atom. The van der Waals surface area contributed by atoms with E-state index in [1.165, 1.54) is 18.2 Å². The van der Waals surface area contributed by atoms with Crippen molar-refractivity contribution in [2.24, 2.45) is 0 Å². The molecule has 1 aromatic carbocycles. The first-order valence-corrected chi connectivity index (χ1v) is 6.05. The summed E-state index contributed by atoms with van der Waals surface area (Å²) in [7, 11) is 0. The Hall–Kier alpha value is -2.08. The summed E-state index contributed by atoms with van der Waals surface area (Å²) in [6, 6.07) is 4.39. The number of aromatic amines is 1. The number of aryl methyl sites for hydroxylation is 2. The highest BCUT2D eigenvalue weighted by atomic mass is 35.5. The number of H-pyrrole nitrogens is 1. The Bertz CT molecular complexity index is 605. The van der Waals surface area contributed by atoms with E-state index in [0.717, 1.165) is 17.1 Å². The molecule has 0 atom stereocenters. The maximum Gasteiger partial charge on any atom is 0.269 e. The molecule has 100 valence electrons. The van der Waals surface area contributed by atoms with Crippen LogP contribution >= 0.6 is 11.6 Å². The van der Waals surface area contributed by atoms with Gasteiger partial charge < -0.3 is 5.32 Å². The van der Waals surface area contributed by atoms with Gasteiger partial charge in [0.25, 0.3) is 5.69 Å². The summed E-state index contributed by atoms with van der Waals surface area (Å²) in [5, 5.41) is 21.3. The molecule has 2 aromatic rings. The topological polar surface area (TPSA) is 83.8 Å². The number of nitrogens with one attached hydrogen (secondary N) is 2.